The summed E-state index contributed by atoms with van der Waals surface area (Å²) in [5, 5.41) is 6.10. The highest BCUT2D eigenvalue weighted by Gasteiger charge is 2.26. The first-order valence-electron chi connectivity index (χ1n) is 5.78. The number of thiazole rings is 1. The van der Waals surface area contributed by atoms with Gasteiger partial charge in [-0.25, -0.2) is 4.98 Å². The van der Waals surface area contributed by atoms with Crippen LogP contribution in [0.15, 0.2) is 23.7 Å². The molecule has 2 aromatic rings. The number of benzene rings is 1. The Labute approximate surface area is 130 Å². The number of hydrogen-bond donors (Lipinski definition) is 2. The number of amides is 1. The van der Waals surface area contributed by atoms with Crippen molar-refractivity contribution in [1.82, 2.24) is 10.3 Å². The Morgan fingerprint density at radius 2 is 1.95 bits per heavy atom. The largest absolute Gasteiger partial charge is 0.396 e. The van der Waals surface area contributed by atoms with Gasteiger partial charge in [0.25, 0.3) is 5.91 Å². The molecule has 0 bridgehead atoms. The number of aromatic nitrogens is 1. The first-order valence-corrected chi connectivity index (χ1v) is 7.42. The van der Waals surface area contributed by atoms with Gasteiger partial charge in [-0.15, -0.1) is 11.3 Å². The number of carbonyl (C=O) groups is 1. The quantitative estimate of drug-likeness (QED) is 0.843. The van der Waals surface area contributed by atoms with Gasteiger partial charge in [-0.3, -0.25) is 4.79 Å². The Hall–Kier alpha value is -1.30. The Kier molecular flexibility index (Phi) is 4.22. The fourth-order valence-corrected chi connectivity index (χ4v) is 2.86. The molecule has 0 aliphatic carbocycles. The minimum atomic E-state index is -0.578. The molecule has 0 unspecified atom stereocenters. The van der Waals surface area contributed by atoms with Gasteiger partial charge in [-0.1, -0.05) is 23.2 Å². The van der Waals surface area contributed by atoms with Gasteiger partial charge in [0.05, 0.1) is 21.3 Å². The Morgan fingerprint density at radius 3 is 2.45 bits per heavy atom. The molecule has 0 radical (unpaired) electrons. The van der Waals surface area contributed by atoms with Crippen LogP contribution in [0.1, 0.15) is 29.2 Å². The summed E-state index contributed by atoms with van der Waals surface area (Å²) < 4.78 is 0. The monoisotopic (exact) mass is 329 g/mol. The van der Waals surface area contributed by atoms with E-state index in [0.717, 1.165) is 5.01 Å². The van der Waals surface area contributed by atoms with E-state index < -0.39 is 5.54 Å². The summed E-state index contributed by atoms with van der Waals surface area (Å²) in [6.45, 7) is 3.76. The molecule has 1 aromatic heterocycles. The second kappa shape index (κ2) is 5.60. The Morgan fingerprint density at radius 1 is 1.35 bits per heavy atom. The number of carbonyl (C=O) groups excluding carboxylic acids is 1. The highest BCUT2D eigenvalue weighted by molar-refractivity contribution is 7.09. The zero-order valence-electron chi connectivity index (χ0n) is 10.9. The predicted molar refractivity (Wildman–Crippen MR) is 83.5 cm³/mol. The average Bonchev–Trinajstić information content (AvgIpc) is 2.89. The van der Waals surface area contributed by atoms with Crippen LogP contribution >= 0.6 is 34.5 Å². The van der Waals surface area contributed by atoms with Crippen molar-refractivity contribution in [3.05, 3.63) is 44.3 Å². The third-order valence-electron chi connectivity index (χ3n) is 2.73. The summed E-state index contributed by atoms with van der Waals surface area (Å²) in [5.41, 5.74) is 5.70. The highest BCUT2D eigenvalue weighted by Crippen LogP contribution is 2.29. The predicted octanol–water partition coefficient (Wildman–Crippen LogP) is 3.70. The molecule has 1 heterocycles. The van der Waals surface area contributed by atoms with Crippen molar-refractivity contribution in [3.8, 4) is 0 Å². The Bertz CT molecular complexity index is 618. The van der Waals surface area contributed by atoms with Crippen LogP contribution in [-0.2, 0) is 5.54 Å². The lowest BCUT2D eigenvalue weighted by Gasteiger charge is -2.24. The molecule has 20 heavy (non-hydrogen) atoms. The lowest BCUT2D eigenvalue weighted by molar-refractivity contribution is 0.0912. The fraction of sp³-hybridized carbons (Fsp3) is 0.231. The van der Waals surface area contributed by atoms with E-state index in [9.17, 15) is 4.79 Å². The second-order valence-electron chi connectivity index (χ2n) is 4.77. The SMILES string of the molecule is CC(C)(NC(=O)c1cc(Cl)c(N)c(Cl)c1)c1nccs1. The summed E-state index contributed by atoms with van der Waals surface area (Å²) in [6, 6.07) is 2.99. The smallest absolute Gasteiger partial charge is 0.252 e. The van der Waals surface area contributed by atoms with E-state index in [1.54, 1.807) is 6.20 Å². The van der Waals surface area contributed by atoms with E-state index in [-0.39, 0.29) is 21.6 Å². The molecule has 4 nitrogen and oxygen atoms in total. The number of nitrogens with zero attached hydrogens (tertiary/aromatic N) is 1. The van der Waals surface area contributed by atoms with Gasteiger partial charge < -0.3 is 11.1 Å². The molecule has 7 heteroatoms. The number of rotatable bonds is 3. The third kappa shape index (κ3) is 3.06. The molecule has 0 aliphatic heterocycles. The van der Waals surface area contributed by atoms with Crippen LogP contribution in [0.3, 0.4) is 0 Å². The van der Waals surface area contributed by atoms with Gasteiger partial charge in [0.15, 0.2) is 0 Å². The summed E-state index contributed by atoms with van der Waals surface area (Å²) in [6.07, 6.45) is 1.70. The number of hydrogen-bond acceptors (Lipinski definition) is 4. The van der Waals surface area contributed by atoms with E-state index in [4.69, 9.17) is 28.9 Å². The van der Waals surface area contributed by atoms with Crippen LogP contribution in [0, 0.1) is 0 Å². The minimum absolute atomic E-state index is 0.259. The molecule has 0 saturated heterocycles. The molecule has 0 aliphatic rings. The maximum Gasteiger partial charge on any atom is 0.252 e. The number of anilines is 1. The van der Waals surface area contributed by atoms with Crippen molar-refractivity contribution in [1.29, 1.82) is 0 Å². The fourth-order valence-electron chi connectivity index (χ4n) is 1.66. The zero-order valence-corrected chi connectivity index (χ0v) is 13.2. The lowest BCUT2D eigenvalue weighted by atomic mass is 10.1. The van der Waals surface area contributed by atoms with E-state index in [1.165, 1.54) is 23.5 Å². The van der Waals surface area contributed by atoms with Gasteiger partial charge in [0, 0.05) is 17.1 Å². The summed E-state index contributed by atoms with van der Waals surface area (Å²) >= 11 is 13.3. The molecule has 0 fully saturated rings. The van der Waals surface area contributed by atoms with Crippen molar-refractivity contribution in [2.24, 2.45) is 0 Å². The number of nitrogens with two attached hydrogens (primary N) is 1. The molecule has 0 spiro atoms. The molecule has 2 rings (SSSR count). The standard InChI is InChI=1S/C13H13Cl2N3OS/c1-13(2,12-17-3-4-20-12)18-11(19)7-5-8(14)10(16)9(15)6-7/h3-6H,16H2,1-2H3,(H,18,19). The Balaban J connectivity index is 2.25. The molecule has 1 aromatic carbocycles. The van der Waals surface area contributed by atoms with Gasteiger partial charge in [0.2, 0.25) is 0 Å². The number of halogens is 2. The molecule has 0 saturated carbocycles. The number of nitrogen functional groups attached to an aromatic ring is 1. The van der Waals surface area contributed by atoms with Gasteiger partial charge in [-0.2, -0.15) is 0 Å². The topological polar surface area (TPSA) is 68.0 Å². The van der Waals surface area contributed by atoms with E-state index in [2.05, 4.69) is 10.3 Å². The molecule has 1 amide bonds. The van der Waals surface area contributed by atoms with Crippen molar-refractivity contribution >= 4 is 46.1 Å². The molecule has 3 N–H and O–H groups in total. The summed E-state index contributed by atoms with van der Waals surface area (Å²) in [7, 11) is 0. The maximum absolute atomic E-state index is 12.3. The van der Waals surface area contributed by atoms with E-state index in [0.29, 0.717) is 5.56 Å². The third-order valence-corrected chi connectivity index (χ3v) is 4.46. The van der Waals surface area contributed by atoms with Crippen molar-refractivity contribution in [2.45, 2.75) is 19.4 Å². The van der Waals surface area contributed by atoms with Crippen LogP contribution in [0.2, 0.25) is 10.0 Å². The molecule has 106 valence electrons. The van der Waals surface area contributed by atoms with Gasteiger partial charge in [0.1, 0.15) is 5.01 Å². The number of nitrogens with one attached hydrogen (secondary N) is 1. The van der Waals surface area contributed by atoms with Gasteiger partial charge >= 0.3 is 0 Å². The van der Waals surface area contributed by atoms with E-state index in [1.807, 2.05) is 19.2 Å². The molecule has 0 atom stereocenters. The van der Waals surface area contributed by atoms with Crippen molar-refractivity contribution in [3.63, 3.8) is 0 Å². The maximum atomic E-state index is 12.3. The normalized spacial score (nSPS) is 11.4. The molecular weight excluding hydrogens is 317 g/mol. The van der Waals surface area contributed by atoms with Crippen LogP contribution < -0.4 is 11.1 Å². The van der Waals surface area contributed by atoms with Crippen LogP contribution in [0.5, 0.6) is 0 Å². The highest BCUT2D eigenvalue weighted by atomic mass is 35.5. The molecular formula is C13H13Cl2N3OS. The van der Waals surface area contributed by atoms with Crippen LogP contribution in [0.25, 0.3) is 0 Å². The summed E-state index contributed by atoms with van der Waals surface area (Å²) in [4.78, 5) is 16.5. The van der Waals surface area contributed by atoms with Crippen LogP contribution in [-0.4, -0.2) is 10.9 Å². The van der Waals surface area contributed by atoms with Gasteiger partial charge in [-0.05, 0) is 26.0 Å². The lowest BCUT2D eigenvalue weighted by Crippen LogP contribution is -2.40. The van der Waals surface area contributed by atoms with E-state index >= 15 is 0 Å². The first kappa shape index (κ1) is 15.1. The zero-order chi connectivity index (χ0) is 14.9. The average molecular weight is 330 g/mol. The van der Waals surface area contributed by atoms with Crippen LogP contribution in [0.4, 0.5) is 5.69 Å². The van der Waals surface area contributed by atoms with Crippen molar-refractivity contribution < 1.29 is 4.79 Å². The first-order chi connectivity index (χ1) is 9.31. The summed E-state index contributed by atoms with van der Waals surface area (Å²) in [5.74, 6) is -0.283. The minimum Gasteiger partial charge on any atom is -0.396 e. The second-order valence-corrected chi connectivity index (χ2v) is 6.48. The van der Waals surface area contributed by atoms with Crippen molar-refractivity contribution in [2.75, 3.05) is 5.73 Å².